The Balaban J connectivity index is 1.56. The summed E-state index contributed by atoms with van der Waals surface area (Å²) in [6.45, 7) is 2.18. The molecule has 0 bridgehead atoms. The maximum atomic E-state index is 11.2. The predicted octanol–water partition coefficient (Wildman–Crippen LogP) is 6.07. The van der Waals surface area contributed by atoms with Crippen molar-refractivity contribution < 1.29 is 4.79 Å². The zero-order valence-electron chi connectivity index (χ0n) is 17.7. The molecule has 1 atom stereocenters. The number of amides is 1. The van der Waals surface area contributed by atoms with E-state index in [-0.39, 0.29) is 11.8 Å². The van der Waals surface area contributed by atoms with E-state index in [9.17, 15) is 4.79 Å². The summed E-state index contributed by atoms with van der Waals surface area (Å²) in [6.07, 6.45) is 6.45. The minimum Gasteiger partial charge on any atom is -0.355 e. The molecule has 1 aliphatic heterocycles. The van der Waals surface area contributed by atoms with Gasteiger partial charge in [-0.25, -0.2) is 0 Å². The van der Waals surface area contributed by atoms with Gasteiger partial charge >= 0.3 is 0 Å². The Hall–Kier alpha value is -3.31. The van der Waals surface area contributed by atoms with Gasteiger partial charge in [0.2, 0.25) is 5.91 Å². The molecule has 3 aromatic rings. The molecule has 3 aromatic carbocycles. The fourth-order valence-electron chi connectivity index (χ4n) is 3.57. The number of fused-ring (bicyclic) bond motifs is 1. The highest BCUT2D eigenvalue weighted by molar-refractivity contribution is 7.99. The smallest absolute Gasteiger partial charge is 0.221 e. The van der Waals surface area contributed by atoms with Gasteiger partial charge in [-0.05, 0) is 47.5 Å². The largest absolute Gasteiger partial charge is 0.355 e. The molecule has 0 aromatic heterocycles. The number of aliphatic imine (C=N–C) groups is 1. The number of rotatable bonds is 5. The van der Waals surface area contributed by atoms with Crippen LogP contribution in [0.4, 0.5) is 11.4 Å². The normalized spacial score (nSPS) is 15.5. The zero-order valence-corrected chi connectivity index (χ0v) is 18.5. The van der Waals surface area contributed by atoms with Crippen LogP contribution in [0.5, 0.6) is 0 Å². The van der Waals surface area contributed by atoms with Crippen LogP contribution in [0.3, 0.4) is 0 Å². The highest BCUT2D eigenvalue weighted by atomic mass is 32.2. The van der Waals surface area contributed by atoms with E-state index in [1.54, 1.807) is 11.8 Å². The topological polar surface area (TPSA) is 44.7 Å². The number of carbonyl (C=O) groups excluding carboxylic acids is 1. The van der Waals surface area contributed by atoms with Gasteiger partial charge in [-0.2, -0.15) is 0 Å². The number of para-hydroxylation sites is 1. The molecule has 0 saturated carbocycles. The van der Waals surface area contributed by atoms with Crippen LogP contribution in [0.25, 0.3) is 6.08 Å². The third-order valence-corrected chi connectivity index (χ3v) is 6.17. The van der Waals surface area contributed by atoms with E-state index in [1.807, 2.05) is 30.5 Å². The Bertz CT molecular complexity index is 1120. The van der Waals surface area contributed by atoms with Crippen LogP contribution in [-0.4, -0.2) is 25.8 Å². The second kappa shape index (κ2) is 9.67. The number of hydrogen-bond donors (Lipinski definition) is 1. The monoisotopic (exact) mass is 427 g/mol. The van der Waals surface area contributed by atoms with Crippen molar-refractivity contribution in [1.82, 2.24) is 0 Å². The van der Waals surface area contributed by atoms with E-state index in [0.717, 1.165) is 10.6 Å². The number of allylic oxidation sites excluding steroid dienone is 1. The van der Waals surface area contributed by atoms with Gasteiger partial charge in [0.05, 0.1) is 0 Å². The van der Waals surface area contributed by atoms with Gasteiger partial charge < -0.3 is 10.2 Å². The third kappa shape index (κ3) is 5.25. The minimum atomic E-state index is -0.0642. The van der Waals surface area contributed by atoms with Crippen LogP contribution in [0.15, 0.2) is 93.7 Å². The first-order valence-electron chi connectivity index (χ1n) is 10.2. The maximum Gasteiger partial charge on any atom is 0.221 e. The lowest BCUT2D eigenvalue weighted by Gasteiger charge is -2.19. The average Bonchev–Trinajstić information content (AvgIpc) is 2.93. The molecule has 4 nitrogen and oxygen atoms in total. The fourth-order valence-corrected chi connectivity index (χ4v) is 4.49. The van der Waals surface area contributed by atoms with E-state index in [0.29, 0.717) is 6.67 Å². The molecule has 5 heteroatoms. The van der Waals surface area contributed by atoms with E-state index in [1.165, 1.54) is 28.6 Å². The molecular formula is C26H25N3OS. The predicted molar refractivity (Wildman–Crippen MR) is 131 cm³/mol. The van der Waals surface area contributed by atoms with Gasteiger partial charge in [0.25, 0.3) is 0 Å². The van der Waals surface area contributed by atoms with Gasteiger partial charge in [-0.1, -0.05) is 60.3 Å². The van der Waals surface area contributed by atoms with Crippen molar-refractivity contribution >= 4 is 41.3 Å². The van der Waals surface area contributed by atoms with Crippen LogP contribution in [0.2, 0.25) is 0 Å². The summed E-state index contributed by atoms with van der Waals surface area (Å²) < 4.78 is 0. The van der Waals surface area contributed by atoms with E-state index >= 15 is 0 Å². The Morgan fingerprint density at radius 1 is 1.06 bits per heavy atom. The lowest BCUT2D eigenvalue weighted by molar-refractivity contribution is -0.114. The summed E-state index contributed by atoms with van der Waals surface area (Å²) in [6, 6.07) is 24.8. The van der Waals surface area contributed by atoms with E-state index in [4.69, 9.17) is 0 Å². The quantitative estimate of drug-likeness (QED) is 0.537. The number of nitrogens with zero attached hydrogens (tertiary/aromatic N) is 2. The Labute approximate surface area is 187 Å². The molecule has 1 aliphatic rings. The number of carbonyl (C=O) groups is 1. The van der Waals surface area contributed by atoms with Gasteiger partial charge in [0.1, 0.15) is 6.67 Å². The molecule has 0 saturated heterocycles. The molecule has 0 spiro atoms. The van der Waals surface area contributed by atoms with Crippen molar-refractivity contribution in [1.29, 1.82) is 0 Å². The summed E-state index contributed by atoms with van der Waals surface area (Å²) >= 11 is 1.71. The summed E-state index contributed by atoms with van der Waals surface area (Å²) in [5, 5.41) is 2.81. The van der Waals surface area contributed by atoms with Gasteiger partial charge in [0, 0.05) is 47.3 Å². The number of nitrogens with one attached hydrogen (secondary N) is 1. The molecule has 1 N–H and O–H groups in total. The van der Waals surface area contributed by atoms with Crippen LogP contribution in [0.1, 0.15) is 24.0 Å². The van der Waals surface area contributed by atoms with Crippen LogP contribution in [-0.2, 0) is 4.79 Å². The molecule has 0 fully saturated rings. The first-order valence-corrected chi connectivity index (χ1v) is 11.0. The van der Waals surface area contributed by atoms with Gasteiger partial charge in [-0.15, -0.1) is 0 Å². The van der Waals surface area contributed by atoms with Crippen LogP contribution < -0.4 is 10.2 Å². The zero-order chi connectivity index (χ0) is 21.6. The van der Waals surface area contributed by atoms with Crippen molar-refractivity contribution in [2.45, 2.75) is 22.6 Å². The first kappa shape index (κ1) is 20.9. The fraction of sp³-hybridized carbons (Fsp3) is 0.154. The number of anilines is 2. The first-order chi connectivity index (χ1) is 15.1. The average molecular weight is 428 g/mol. The van der Waals surface area contributed by atoms with Crippen molar-refractivity contribution in [3.05, 3.63) is 90.0 Å². The second-order valence-electron chi connectivity index (χ2n) is 7.46. The second-order valence-corrected chi connectivity index (χ2v) is 8.58. The van der Waals surface area contributed by atoms with E-state index in [2.05, 4.69) is 82.9 Å². The molecule has 4 rings (SSSR count). The number of benzene rings is 3. The number of hydrogen-bond acceptors (Lipinski definition) is 4. The molecule has 1 amide bonds. The SMILES string of the molecule is CC(=O)Nc1ccc(Sc2ccccc2C=CC2C=NCN(C)c3ccccc32)cc1. The summed E-state index contributed by atoms with van der Waals surface area (Å²) in [5.74, 6) is 0.0712. The van der Waals surface area contributed by atoms with Gasteiger partial charge in [0.15, 0.2) is 0 Å². The molecule has 1 heterocycles. The molecule has 1 unspecified atom stereocenters. The Morgan fingerprint density at radius 3 is 2.61 bits per heavy atom. The Morgan fingerprint density at radius 2 is 1.81 bits per heavy atom. The lowest BCUT2D eigenvalue weighted by Crippen LogP contribution is -2.16. The summed E-state index contributed by atoms with van der Waals surface area (Å²) in [5.41, 5.74) is 4.46. The minimum absolute atomic E-state index is 0.0642. The molecule has 0 aliphatic carbocycles. The summed E-state index contributed by atoms with van der Waals surface area (Å²) in [4.78, 5) is 20.3. The maximum absolute atomic E-state index is 11.2. The highest BCUT2D eigenvalue weighted by Crippen LogP contribution is 2.33. The molecule has 31 heavy (non-hydrogen) atoms. The molecular weight excluding hydrogens is 402 g/mol. The van der Waals surface area contributed by atoms with E-state index < -0.39 is 0 Å². The molecule has 0 radical (unpaired) electrons. The third-order valence-electron chi connectivity index (χ3n) is 5.07. The Kier molecular flexibility index (Phi) is 6.53. The van der Waals surface area contributed by atoms with Crippen LogP contribution in [0, 0.1) is 0 Å². The lowest BCUT2D eigenvalue weighted by atomic mass is 9.97. The highest BCUT2D eigenvalue weighted by Gasteiger charge is 2.16. The van der Waals surface area contributed by atoms with Gasteiger partial charge in [-0.3, -0.25) is 9.79 Å². The van der Waals surface area contributed by atoms with Crippen LogP contribution >= 0.6 is 11.8 Å². The van der Waals surface area contributed by atoms with Crippen molar-refractivity contribution in [2.24, 2.45) is 4.99 Å². The van der Waals surface area contributed by atoms with Crippen molar-refractivity contribution in [3.63, 3.8) is 0 Å². The standard InChI is InChI=1S/C26H25N3OS/c1-19(30)28-22-13-15-23(16-14-22)31-26-10-6-3-7-20(26)11-12-21-17-27-18-29(2)25-9-5-4-8-24(21)25/h3-17,21H,18H2,1-2H3,(H,28,30). The summed E-state index contributed by atoms with van der Waals surface area (Å²) in [7, 11) is 2.07. The van der Waals surface area contributed by atoms with Crippen molar-refractivity contribution in [3.8, 4) is 0 Å². The molecule has 156 valence electrons. The van der Waals surface area contributed by atoms with Crippen molar-refractivity contribution in [2.75, 3.05) is 23.9 Å².